The van der Waals surface area contributed by atoms with Gasteiger partial charge in [-0.3, -0.25) is 0 Å². The molecule has 0 amide bonds. The van der Waals surface area contributed by atoms with Crippen LogP contribution in [0.4, 0.5) is 0 Å². The number of hydrogen-bond donors (Lipinski definition) is 0. The molecule has 0 aromatic rings. The first-order valence-corrected chi connectivity index (χ1v) is 5.30. The fraction of sp³-hybridized carbons (Fsp3) is 1.00. The summed E-state index contributed by atoms with van der Waals surface area (Å²) in [6.45, 7) is 11.6. The summed E-state index contributed by atoms with van der Waals surface area (Å²) in [6.07, 6.45) is 2.62. The van der Waals surface area contributed by atoms with Gasteiger partial charge in [-0.1, -0.05) is 34.6 Å². The molecule has 1 heteroatoms. The van der Waals surface area contributed by atoms with Crippen molar-refractivity contribution in [3.8, 4) is 0 Å². The van der Waals surface area contributed by atoms with Crippen molar-refractivity contribution < 1.29 is 0 Å². The zero-order valence-electron chi connectivity index (χ0n) is 8.65. The molecule has 0 N–H and O–H groups in total. The van der Waals surface area contributed by atoms with Crippen LogP contribution in [0, 0.1) is 11.3 Å². The molecular weight excluding hydrogens is 151 g/mol. The molecular formula is C10H23P. The Morgan fingerprint density at radius 2 is 1.73 bits per heavy atom. The van der Waals surface area contributed by atoms with Crippen molar-refractivity contribution >= 4 is 9.24 Å². The molecule has 0 saturated carbocycles. The summed E-state index contributed by atoms with van der Waals surface area (Å²) in [4.78, 5) is 0. The average molecular weight is 174 g/mol. The third-order valence-electron chi connectivity index (χ3n) is 2.66. The third-order valence-corrected chi connectivity index (χ3v) is 3.40. The van der Waals surface area contributed by atoms with Crippen LogP contribution in [0.2, 0.25) is 0 Å². The highest BCUT2D eigenvalue weighted by molar-refractivity contribution is 7.17. The molecule has 0 radical (unpaired) electrons. The highest BCUT2D eigenvalue weighted by Gasteiger charge is 2.21. The van der Waals surface area contributed by atoms with E-state index < -0.39 is 0 Å². The Balaban J connectivity index is 3.77. The molecule has 3 atom stereocenters. The Labute approximate surface area is 74.4 Å². The van der Waals surface area contributed by atoms with E-state index in [1.54, 1.807) is 0 Å². The Kier molecular flexibility index (Phi) is 4.63. The predicted molar refractivity (Wildman–Crippen MR) is 57.0 cm³/mol. The first kappa shape index (κ1) is 11.4. The zero-order chi connectivity index (χ0) is 9.07. The molecule has 11 heavy (non-hydrogen) atoms. The molecule has 68 valence electrons. The second-order valence-electron chi connectivity index (χ2n) is 4.67. The molecule has 0 rings (SSSR count). The molecule has 0 spiro atoms. The number of hydrogen-bond acceptors (Lipinski definition) is 0. The summed E-state index contributed by atoms with van der Waals surface area (Å²) in [7, 11) is 2.94. The Bertz CT molecular complexity index is 102. The van der Waals surface area contributed by atoms with Crippen LogP contribution in [0.5, 0.6) is 0 Å². The van der Waals surface area contributed by atoms with E-state index in [1.807, 2.05) is 0 Å². The molecule has 0 aliphatic carbocycles. The molecule has 0 aromatic carbocycles. The van der Waals surface area contributed by atoms with E-state index in [1.165, 1.54) is 12.8 Å². The topological polar surface area (TPSA) is 0 Å². The summed E-state index contributed by atoms with van der Waals surface area (Å²) in [5.74, 6) is 0.824. The van der Waals surface area contributed by atoms with Gasteiger partial charge in [0, 0.05) is 0 Å². The smallest absolute Gasteiger partial charge is 0.0264 e. The molecule has 0 nitrogen and oxygen atoms in total. The van der Waals surface area contributed by atoms with Gasteiger partial charge in [-0.05, 0) is 29.8 Å². The van der Waals surface area contributed by atoms with Crippen LogP contribution >= 0.6 is 9.24 Å². The lowest BCUT2D eigenvalue weighted by atomic mass is 9.79. The van der Waals surface area contributed by atoms with E-state index >= 15 is 0 Å². The molecule has 0 aromatic heterocycles. The quantitative estimate of drug-likeness (QED) is 0.572. The lowest BCUT2D eigenvalue weighted by Crippen LogP contribution is -2.20. The highest BCUT2D eigenvalue weighted by atomic mass is 31.0. The van der Waals surface area contributed by atoms with E-state index in [-0.39, 0.29) is 0 Å². The largest absolute Gasteiger partial charge is 0.134 e. The van der Waals surface area contributed by atoms with Gasteiger partial charge in [-0.2, -0.15) is 0 Å². The minimum absolute atomic E-state index is 0.476. The van der Waals surface area contributed by atoms with Crippen LogP contribution in [0.1, 0.15) is 47.5 Å². The van der Waals surface area contributed by atoms with Gasteiger partial charge in [0.1, 0.15) is 0 Å². The lowest BCUT2D eigenvalue weighted by molar-refractivity contribution is 0.244. The minimum Gasteiger partial charge on any atom is -0.134 e. The van der Waals surface area contributed by atoms with Crippen LogP contribution < -0.4 is 0 Å². The lowest BCUT2D eigenvalue weighted by Gasteiger charge is -2.29. The maximum atomic E-state index is 2.94. The van der Waals surface area contributed by atoms with Gasteiger partial charge in [0.15, 0.2) is 0 Å². The Morgan fingerprint density at radius 3 is 2.00 bits per heavy atom. The monoisotopic (exact) mass is 174 g/mol. The summed E-state index contributed by atoms with van der Waals surface area (Å²) < 4.78 is 0. The van der Waals surface area contributed by atoms with Gasteiger partial charge in [0.25, 0.3) is 0 Å². The summed E-state index contributed by atoms with van der Waals surface area (Å²) in [5.41, 5.74) is 1.29. The third kappa shape index (κ3) is 4.80. The van der Waals surface area contributed by atoms with Crippen LogP contribution in [-0.2, 0) is 0 Å². The second-order valence-corrected chi connectivity index (χ2v) is 5.61. The maximum Gasteiger partial charge on any atom is -0.0264 e. The summed E-state index contributed by atoms with van der Waals surface area (Å²) >= 11 is 0. The standard InChI is InChI=1S/C10H23P/c1-6-9(11)7-8(2)10(3,4)5/h8-9H,6-7,11H2,1-5H3. The van der Waals surface area contributed by atoms with Crippen LogP contribution in [0.25, 0.3) is 0 Å². The normalized spacial score (nSPS) is 18.0. The average Bonchev–Trinajstić information content (AvgIpc) is 1.85. The SMILES string of the molecule is CCC(P)CC(C)C(C)(C)C. The Hall–Kier alpha value is 0.430. The van der Waals surface area contributed by atoms with Crippen LogP contribution in [-0.4, -0.2) is 5.66 Å². The first-order valence-electron chi connectivity index (χ1n) is 4.63. The maximum absolute atomic E-state index is 2.94. The van der Waals surface area contributed by atoms with Crippen molar-refractivity contribution in [1.29, 1.82) is 0 Å². The van der Waals surface area contributed by atoms with E-state index in [4.69, 9.17) is 0 Å². The van der Waals surface area contributed by atoms with Crippen molar-refractivity contribution in [2.24, 2.45) is 11.3 Å². The van der Waals surface area contributed by atoms with Crippen molar-refractivity contribution in [2.45, 2.75) is 53.1 Å². The summed E-state index contributed by atoms with van der Waals surface area (Å²) in [6, 6.07) is 0. The predicted octanol–water partition coefficient (Wildman–Crippen LogP) is 3.71. The fourth-order valence-electron chi connectivity index (χ4n) is 0.974. The van der Waals surface area contributed by atoms with Crippen LogP contribution in [0.15, 0.2) is 0 Å². The van der Waals surface area contributed by atoms with Crippen molar-refractivity contribution in [3.05, 3.63) is 0 Å². The highest BCUT2D eigenvalue weighted by Crippen LogP contribution is 2.31. The molecule has 0 bridgehead atoms. The van der Waals surface area contributed by atoms with Crippen molar-refractivity contribution in [3.63, 3.8) is 0 Å². The van der Waals surface area contributed by atoms with Crippen molar-refractivity contribution in [1.82, 2.24) is 0 Å². The summed E-state index contributed by atoms with van der Waals surface area (Å²) in [5, 5.41) is 0. The van der Waals surface area contributed by atoms with Gasteiger partial charge in [0.05, 0.1) is 0 Å². The first-order chi connectivity index (χ1) is 4.88. The Morgan fingerprint density at radius 1 is 1.27 bits per heavy atom. The molecule has 0 aliphatic rings. The minimum atomic E-state index is 0.476. The van der Waals surface area contributed by atoms with E-state index in [0.717, 1.165) is 11.6 Å². The van der Waals surface area contributed by atoms with Gasteiger partial charge in [-0.15, -0.1) is 9.24 Å². The molecule has 0 fully saturated rings. The molecule has 0 saturated heterocycles. The van der Waals surface area contributed by atoms with Crippen LogP contribution in [0.3, 0.4) is 0 Å². The number of rotatable bonds is 3. The molecule has 3 unspecified atom stereocenters. The van der Waals surface area contributed by atoms with Crippen molar-refractivity contribution in [2.75, 3.05) is 0 Å². The van der Waals surface area contributed by atoms with Gasteiger partial charge >= 0.3 is 0 Å². The fourth-order valence-corrected chi connectivity index (χ4v) is 1.38. The van der Waals surface area contributed by atoms with E-state index in [9.17, 15) is 0 Å². The van der Waals surface area contributed by atoms with Gasteiger partial charge in [-0.25, -0.2) is 0 Å². The molecule has 0 heterocycles. The van der Waals surface area contributed by atoms with E-state index in [0.29, 0.717) is 5.41 Å². The van der Waals surface area contributed by atoms with Gasteiger partial charge < -0.3 is 0 Å². The second kappa shape index (κ2) is 4.45. The van der Waals surface area contributed by atoms with E-state index in [2.05, 4.69) is 43.9 Å². The molecule has 0 aliphatic heterocycles. The zero-order valence-corrected chi connectivity index (χ0v) is 9.80. The van der Waals surface area contributed by atoms with Gasteiger partial charge in [0.2, 0.25) is 0 Å².